The molecule has 1 aliphatic heterocycles. The van der Waals surface area contributed by atoms with Gasteiger partial charge >= 0.3 is 0 Å². The number of morpholine rings is 1. The van der Waals surface area contributed by atoms with Gasteiger partial charge in [0.2, 0.25) is 5.91 Å². The molecule has 1 aromatic rings. The first kappa shape index (κ1) is 16.9. The number of primary amides is 1. The molecule has 0 spiro atoms. The fourth-order valence-electron chi connectivity index (χ4n) is 2.64. The predicted molar refractivity (Wildman–Crippen MR) is 82.2 cm³/mol. The lowest BCUT2D eigenvalue weighted by molar-refractivity contribution is -0.120. The van der Waals surface area contributed by atoms with Gasteiger partial charge in [-0.25, -0.2) is 4.98 Å². The first-order valence-electron chi connectivity index (χ1n) is 7.82. The minimum absolute atomic E-state index is 0.00431. The van der Waals surface area contributed by atoms with Gasteiger partial charge < -0.3 is 20.1 Å². The molecule has 0 aromatic carbocycles. The van der Waals surface area contributed by atoms with Crippen molar-refractivity contribution in [3.63, 3.8) is 0 Å². The van der Waals surface area contributed by atoms with Crippen LogP contribution in [0.5, 0.6) is 0 Å². The zero-order valence-corrected chi connectivity index (χ0v) is 13.1. The normalized spacial score (nSPS) is 19.0. The number of hydrogen-bond acceptors (Lipinski definition) is 5. The third kappa shape index (κ3) is 5.08. The topological polar surface area (TPSA) is 93.6 Å². The van der Waals surface area contributed by atoms with Gasteiger partial charge in [0.1, 0.15) is 5.82 Å². The lowest BCUT2D eigenvalue weighted by Crippen LogP contribution is -2.38. The second-order valence-corrected chi connectivity index (χ2v) is 5.91. The summed E-state index contributed by atoms with van der Waals surface area (Å²) in [6.07, 6.45) is 3.65. The molecule has 3 N–H and O–H groups in total. The van der Waals surface area contributed by atoms with Gasteiger partial charge in [0.05, 0.1) is 25.7 Å². The van der Waals surface area contributed by atoms with Gasteiger partial charge in [-0.05, 0) is 5.92 Å². The van der Waals surface area contributed by atoms with Crippen molar-refractivity contribution < 1.29 is 14.6 Å². The highest BCUT2D eigenvalue weighted by atomic mass is 16.5. The number of aliphatic hydroxyl groups excluding tert-OH is 1. The second-order valence-electron chi connectivity index (χ2n) is 5.91. The van der Waals surface area contributed by atoms with E-state index in [1.807, 2.05) is 13.1 Å². The summed E-state index contributed by atoms with van der Waals surface area (Å²) in [6.45, 7) is 7.28. The molecule has 0 aliphatic carbocycles. The fourth-order valence-corrected chi connectivity index (χ4v) is 2.64. The van der Waals surface area contributed by atoms with Crippen LogP contribution in [0, 0.1) is 5.92 Å². The Bertz CT molecular complexity index is 471. The molecule has 1 aliphatic rings. The zero-order valence-electron chi connectivity index (χ0n) is 13.1. The average molecular weight is 310 g/mol. The molecule has 1 unspecified atom stereocenters. The number of aromatic nitrogens is 2. The predicted octanol–water partition coefficient (Wildman–Crippen LogP) is -0.370. The van der Waals surface area contributed by atoms with E-state index in [4.69, 9.17) is 10.5 Å². The average Bonchev–Trinajstić information content (AvgIpc) is 2.92. The van der Waals surface area contributed by atoms with E-state index in [1.165, 1.54) is 0 Å². The highest BCUT2D eigenvalue weighted by Crippen LogP contribution is 2.13. The van der Waals surface area contributed by atoms with Crippen LogP contribution in [0.2, 0.25) is 0 Å². The Labute approximate surface area is 131 Å². The Kier molecular flexibility index (Phi) is 6.35. The molecular formula is C15H26N4O3. The van der Waals surface area contributed by atoms with Gasteiger partial charge in [-0.3, -0.25) is 9.69 Å². The van der Waals surface area contributed by atoms with Crippen LogP contribution in [0.4, 0.5) is 0 Å². The van der Waals surface area contributed by atoms with E-state index in [2.05, 4.69) is 14.5 Å². The zero-order chi connectivity index (χ0) is 15.9. The maximum atomic E-state index is 10.9. The quantitative estimate of drug-likeness (QED) is 0.683. The molecule has 2 rings (SSSR count). The summed E-state index contributed by atoms with van der Waals surface area (Å²) < 4.78 is 7.46. The van der Waals surface area contributed by atoms with Crippen LogP contribution in [0.3, 0.4) is 0 Å². The van der Waals surface area contributed by atoms with Crippen molar-refractivity contribution in [3.8, 4) is 0 Å². The van der Waals surface area contributed by atoms with Crippen molar-refractivity contribution in [3.05, 3.63) is 18.2 Å². The van der Waals surface area contributed by atoms with E-state index in [0.717, 1.165) is 45.2 Å². The van der Waals surface area contributed by atoms with Crippen molar-refractivity contribution in [1.82, 2.24) is 14.5 Å². The van der Waals surface area contributed by atoms with Crippen LogP contribution in [-0.4, -0.2) is 64.4 Å². The number of nitrogens with two attached hydrogens (primary N) is 1. The summed E-state index contributed by atoms with van der Waals surface area (Å²) >= 11 is 0. The molecule has 2 heterocycles. The van der Waals surface area contributed by atoms with Crippen LogP contribution in [0.1, 0.15) is 19.2 Å². The lowest BCUT2D eigenvalue weighted by Gasteiger charge is -2.27. The Hall–Kier alpha value is -1.44. The molecule has 0 radical (unpaired) electrons. The van der Waals surface area contributed by atoms with Gasteiger partial charge in [-0.2, -0.15) is 0 Å². The van der Waals surface area contributed by atoms with Crippen LogP contribution in [0.15, 0.2) is 12.4 Å². The Balaban J connectivity index is 1.84. The summed E-state index contributed by atoms with van der Waals surface area (Å²) in [4.78, 5) is 17.6. The van der Waals surface area contributed by atoms with E-state index in [-0.39, 0.29) is 12.3 Å². The largest absolute Gasteiger partial charge is 0.392 e. The molecule has 1 fully saturated rings. The first-order chi connectivity index (χ1) is 10.6. The monoisotopic (exact) mass is 310 g/mol. The number of carbonyl (C=O) groups excluding carboxylic acids is 1. The molecule has 1 saturated heterocycles. The number of nitrogens with zero attached hydrogens (tertiary/aromatic N) is 3. The molecule has 7 heteroatoms. The first-order valence-corrected chi connectivity index (χ1v) is 7.82. The van der Waals surface area contributed by atoms with Crippen LogP contribution in [-0.2, 0) is 22.5 Å². The summed E-state index contributed by atoms with van der Waals surface area (Å²) in [5.41, 5.74) is 5.13. The molecule has 7 nitrogen and oxygen atoms in total. The van der Waals surface area contributed by atoms with Crippen LogP contribution >= 0.6 is 0 Å². The third-order valence-electron chi connectivity index (χ3n) is 4.13. The molecule has 0 bridgehead atoms. The number of rotatable bonds is 8. The van der Waals surface area contributed by atoms with Gasteiger partial charge in [-0.1, -0.05) is 6.92 Å². The highest BCUT2D eigenvalue weighted by molar-refractivity contribution is 5.74. The van der Waals surface area contributed by atoms with Gasteiger partial charge in [0.25, 0.3) is 0 Å². The van der Waals surface area contributed by atoms with E-state index in [0.29, 0.717) is 6.42 Å². The molecular weight excluding hydrogens is 284 g/mol. The van der Waals surface area contributed by atoms with Gasteiger partial charge in [-0.15, -0.1) is 0 Å². The van der Waals surface area contributed by atoms with Gasteiger partial charge in [0, 0.05) is 45.0 Å². The molecule has 22 heavy (non-hydrogen) atoms. The fraction of sp³-hybridized carbons (Fsp3) is 0.733. The van der Waals surface area contributed by atoms with Crippen LogP contribution in [0.25, 0.3) is 0 Å². The van der Waals surface area contributed by atoms with Crippen molar-refractivity contribution in [1.29, 1.82) is 0 Å². The maximum Gasteiger partial charge on any atom is 0.220 e. The minimum Gasteiger partial charge on any atom is -0.392 e. The number of aliphatic hydroxyl groups is 1. The third-order valence-corrected chi connectivity index (χ3v) is 4.13. The summed E-state index contributed by atoms with van der Waals surface area (Å²) in [6, 6.07) is 0. The molecule has 2 atom stereocenters. The summed E-state index contributed by atoms with van der Waals surface area (Å²) in [5, 5.41) is 9.95. The van der Waals surface area contributed by atoms with Crippen molar-refractivity contribution in [2.45, 2.75) is 32.4 Å². The number of hydrogen-bond donors (Lipinski definition) is 2. The van der Waals surface area contributed by atoms with Crippen molar-refractivity contribution >= 4 is 5.91 Å². The molecule has 124 valence electrons. The summed E-state index contributed by atoms with van der Waals surface area (Å²) in [5.74, 6) is 0.399. The molecule has 0 saturated carbocycles. The number of ether oxygens (including phenoxy) is 1. The van der Waals surface area contributed by atoms with E-state index >= 15 is 0 Å². The van der Waals surface area contributed by atoms with Crippen molar-refractivity contribution in [2.24, 2.45) is 11.7 Å². The van der Waals surface area contributed by atoms with E-state index in [1.54, 1.807) is 6.20 Å². The SMILES string of the molecule is CC(Cc1nccn1CCN1CCOCC1)[C@@H](O)CC(N)=O. The number of imidazole rings is 1. The Morgan fingerprint density at radius 3 is 2.86 bits per heavy atom. The van der Waals surface area contributed by atoms with Crippen LogP contribution < -0.4 is 5.73 Å². The smallest absolute Gasteiger partial charge is 0.220 e. The van der Waals surface area contributed by atoms with Crippen molar-refractivity contribution in [2.75, 3.05) is 32.8 Å². The standard InChI is InChI=1S/C15H26N4O3/c1-12(13(20)11-14(16)21)10-15-17-2-3-19(15)5-4-18-6-8-22-9-7-18/h2-3,12-13,20H,4-11H2,1H3,(H2,16,21)/t12?,13-/m0/s1. The lowest BCUT2D eigenvalue weighted by atomic mass is 9.98. The van der Waals surface area contributed by atoms with E-state index in [9.17, 15) is 9.90 Å². The second kappa shape index (κ2) is 8.26. The maximum absolute atomic E-state index is 10.9. The number of carbonyl (C=O) groups is 1. The molecule has 1 amide bonds. The molecule has 1 aromatic heterocycles. The summed E-state index contributed by atoms with van der Waals surface area (Å²) in [7, 11) is 0. The Morgan fingerprint density at radius 2 is 2.18 bits per heavy atom. The number of amides is 1. The Morgan fingerprint density at radius 1 is 1.45 bits per heavy atom. The minimum atomic E-state index is -0.720. The highest BCUT2D eigenvalue weighted by Gasteiger charge is 2.19. The van der Waals surface area contributed by atoms with E-state index < -0.39 is 12.0 Å². The van der Waals surface area contributed by atoms with Gasteiger partial charge in [0.15, 0.2) is 0 Å².